The Morgan fingerprint density at radius 1 is 1.48 bits per heavy atom. The van der Waals surface area contributed by atoms with Crippen LogP contribution < -0.4 is 0 Å². The third kappa shape index (κ3) is 5.10. The number of carbonyl (C=O) groups excluding carboxylic acids is 1. The smallest absolute Gasteiger partial charge is 0.264 e. The van der Waals surface area contributed by atoms with Gasteiger partial charge in [-0.1, -0.05) is 0 Å². The molecule has 7 heteroatoms. The molecular formula is C20H24BrN3O2S. The fourth-order valence-electron chi connectivity index (χ4n) is 3.19. The third-order valence-electron chi connectivity index (χ3n) is 4.38. The van der Waals surface area contributed by atoms with Gasteiger partial charge in [0.1, 0.15) is 11.6 Å². The number of aromatic nitrogens is 1. The highest BCUT2D eigenvalue weighted by Crippen LogP contribution is 2.24. The van der Waals surface area contributed by atoms with Crippen LogP contribution in [-0.2, 0) is 16.1 Å². The Labute approximate surface area is 173 Å². The summed E-state index contributed by atoms with van der Waals surface area (Å²) >= 11 is 4.99. The number of hydrogen-bond acceptors (Lipinski definition) is 4. The standard InChI is InChI=1S/C20H24BrN3O2S/c1-13-6-16(15(3)24(13)14(2)11-26-5)7-17(9-22)20(25)23(4)10-19-8-18(21)12-27-19/h6-8,12,14H,10-11H2,1-5H3/b17-7-. The summed E-state index contributed by atoms with van der Waals surface area (Å²) in [7, 11) is 3.39. The zero-order valence-corrected chi connectivity index (χ0v) is 18.6. The molecule has 0 aliphatic carbocycles. The maximum Gasteiger partial charge on any atom is 0.264 e. The molecule has 0 saturated carbocycles. The quantitative estimate of drug-likeness (QED) is 0.454. The zero-order chi connectivity index (χ0) is 20.1. The molecule has 0 N–H and O–H groups in total. The molecule has 27 heavy (non-hydrogen) atoms. The van der Waals surface area contributed by atoms with Gasteiger partial charge in [0.2, 0.25) is 0 Å². The highest BCUT2D eigenvalue weighted by atomic mass is 79.9. The first kappa shape index (κ1) is 21.4. The van der Waals surface area contributed by atoms with E-state index in [4.69, 9.17) is 4.74 Å². The average Bonchev–Trinajstić information content (AvgIpc) is 3.14. The van der Waals surface area contributed by atoms with Gasteiger partial charge in [0, 0.05) is 40.3 Å². The Kier molecular flexibility index (Phi) is 7.42. The van der Waals surface area contributed by atoms with Crippen LogP contribution in [0.25, 0.3) is 6.08 Å². The van der Waals surface area contributed by atoms with Crippen molar-refractivity contribution in [1.29, 1.82) is 5.26 Å². The summed E-state index contributed by atoms with van der Waals surface area (Å²) in [6.45, 7) is 7.17. The molecule has 2 heterocycles. The first-order chi connectivity index (χ1) is 12.8. The van der Waals surface area contributed by atoms with Crippen LogP contribution in [0.2, 0.25) is 0 Å². The van der Waals surface area contributed by atoms with Crippen LogP contribution in [0, 0.1) is 25.2 Å². The Bertz CT molecular complexity index is 892. The van der Waals surface area contributed by atoms with Gasteiger partial charge >= 0.3 is 0 Å². The van der Waals surface area contributed by atoms with Gasteiger partial charge in [0.15, 0.2) is 0 Å². The SMILES string of the molecule is COCC(C)n1c(C)cc(/C=C(/C#N)C(=O)N(C)Cc2cc(Br)cs2)c1C. The number of methoxy groups -OCH3 is 1. The van der Waals surface area contributed by atoms with E-state index in [1.165, 1.54) is 0 Å². The number of ether oxygens (including phenoxy) is 1. The van der Waals surface area contributed by atoms with E-state index in [0.717, 1.165) is 26.3 Å². The van der Waals surface area contributed by atoms with Gasteiger partial charge in [0.25, 0.3) is 5.91 Å². The van der Waals surface area contributed by atoms with Crippen LogP contribution in [0.5, 0.6) is 0 Å². The Morgan fingerprint density at radius 3 is 2.74 bits per heavy atom. The molecular weight excluding hydrogens is 426 g/mol. The molecule has 1 unspecified atom stereocenters. The van der Waals surface area contributed by atoms with Gasteiger partial charge in [-0.2, -0.15) is 5.26 Å². The van der Waals surface area contributed by atoms with Crippen molar-refractivity contribution in [2.75, 3.05) is 20.8 Å². The molecule has 5 nitrogen and oxygen atoms in total. The summed E-state index contributed by atoms with van der Waals surface area (Å²) in [4.78, 5) is 15.4. The minimum absolute atomic E-state index is 0.132. The number of carbonyl (C=O) groups is 1. The van der Waals surface area contributed by atoms with Crippen LogP contribution in [0.4, 0.5) is 0 Å². The van der Waals surface area contributed by atoms with E-state index in [0.29, 0.717) is 13.2 Å². The molecule has 0 radical (unpaired) electrons. The van der Waals surface area contributed by atoms with E-state index in [-0.39, 0.29) is 17.5 Å². The zero-order valence-electron chi connectivity index (χ0n) is 16.2. The Balaban J connectivity index is 2.26. The molecule has 0 fully saturated rings. The van der Waals surface area contributed by atoms with Crippen molar-refractivity contribution in [2.45, 2.75) is 33.4 Å². The lowest BCUT2D eigenvalue weighted by Crippen LogP contribution is -2.26. The van der Waals surface area contributed by atoms with Crippen LogP contribution in [-0.4, -0.2) is 36.1 Å². The van der Waals surface area contributed by atoms with Crippen molar-refractivity contribution in [1.82, 2.24) is 9.47 Å². The molecule has 0 aliphatic heterocycles. The third-order valence-corrected chi connectivity index (χ3v) is 6.07. The number of nitrogens with zero attached hydrogens (tertiary/aromatic N) is 3. The van der Waals surface area contributed by atoms with Gasteiger partial charge in [-0.25, -0.2) is 0 Å². The number of nitriles is 1. The largest absolute Gasteiger partial charge is 0.383 e. The van der Waals surface area contributed by atoms with Crippen molar-refractivity contribution in [3.05, 3.63) is 49.4 Å². The maximum atomic E-state index is 12.7. The van der Waals surface area contributed by atoms with E-state index in [2.05, 4.69) is 33.5 Å². The molecule has 0 bridgehead atoms. The lowest BCUT2D eigenvalue weighted by Gasteiger charge is -2.18. The predicted molar refractivity (Wildman–Crippen MR) is 113 cm³/mol. The Morgan fingerprint density at radius 2 is 2.19 bits per heavy atom. The molecule has 2 rings (SSSR count). The van der Waals surface area contributed by atoms with Crippen molar-refractivity contribution in [2.24, 2.45) is 0 Å². The lowest BCUT2D eigenvalue weighted by atomic mass is 10.1. The predicted octanol–water partition coefficient (Wildman–Crippen LogP) is 4.70. The fourth-order valence-corrected chi connectivity index (χ4v) is 4.69. The molecule has 0 aromatic carbocycles. The van der Waals surface area contributed by atoms with E-state index >= 15 is 0 Å². The van der Waals surface area contributed by atoms with Crippen LogP contribution in [0.15, 0.2) is 27.6 Å². The van der Waals surface area contributed by atoms with Crippen molar-refractivity contribution in [3.63, 3.8) is 0 Å². The summed E-state index contributed by atoms with van der Waals surface area (Å²) in [5.41, 5.74) is 3.10. The van der Waals surface area contributed by atoms with Crippen LogP contribution in [0.3, 0.4) is 0 Å². The molecule has 2 aromatic heterocycles. The van der Waals surface area contributed by atoms with Gasteiger partial charge in [-0.05, 0) is 60.5 Å². The summed E-state index contributed by atoms with van der Waals surface area (Å²) in [5, 5.41) is 11.5. The number of likely N-dealkylation sites (N-methyl/N-ethyl adjacent to an activating group) is 1. The molecule has 1 atom stereocenters. The summed E-state index contributed by atoms with van der Waals surface area (Å²) < 4.78 is 8.42. The average molecular weight is 450 g/mol. The van der Waals surface area contributed by atoms with E-state index in [9.17, 15) is 10.1 Å². The minimum atomic E-state index is -0.281. The highest BCUT2D eigenvalue weighted by Gasteiger charge is 2.18. The summed E-state index contributed by atoms with van der Waals surface area (Å²) in [6, 6.07) is 6.23. The highest BCUT2D eigenvalue weighted by molar-refractivity contribution is 9.10. The minimum Gasteiger partial charge on any atom is -0.383 e. The number of halogens is 1. The van der Waals surface area contributed by atoms with Gasteiger partial charge < -0.3 is 14.2 Å². The van der Waals surface area contributed by atoms with E-state index in [1.54, 1.807) is 36.5 Å². The first-order valence-corrected chi connectivity index (χ1v) is 10.2. The topological polar surface area (TPSA) is 58.3 Å². The molecule has 144 valence electrons. The summed E-state index contributed by atoms with van der Waals surface area (Å²) in [5.74, 6) is -0.281. The number of rotatable bonds is 7. The molecule has 0 spiro atoms. The molecule has 0 aliphatic rings. The van der Waals surface area contributed by atoms with Crippen LogP contribution in [0.1, 0.15) is 34.8 Å². The second-order valence-corrected chi connectivity index (χ2v) is 8.47. The second kappa shape index (κ2) is 9.36. The number of hydrogen-bond donors (Lipinski definition) is 0. The van der Waals surface area contributed by atoms with E-state index < -0.39 is 0 Å². The lowest BCUT2D eigenvalue weighted by molar-refractivity contribution is -0.125. The maximum absolute atomic E-state index is 12.7. The summed E-state index contributed by atoms with van der Waals surface area (Å²) in [6.07, 6.45) is 1.68. The monoisotopic (exact) mass is 449 g/mol. The van der Waals surface area contributed by atoms with E-state index in [1.807, 2.05) is 31.4 Å². The van der Waals surface area contributed by atoms with Gasteiger partial charge in [0.05, 0.1) is 19.2 Å². The normalized spacial score (nSPS) is 12.7. The van der Waals surface area contributed by atoms with Gasteiger partial charge in [-0.3, -0.25) is 4.79 Å². The number of aryl methyl sites for hydroxylation is 1. The first-order valence-electron chi connectivity index (χ1n) is 8.56. The van der Waals surface area contributed by atoms with Crippen LogP contribution >= 0.6 is 27.3 Å². The number of thiophene rings is 1. The molecule has 0 saturated heterocycles. The van der Waals surface area contributed by atoms with Crippen molar-refractivity contribution < 1.29 is 9.53 Å². The molecule has 1 amide bonds. The van der Waals surface area contributed by atoms with Crippen molar-refractivity contribution >= 4 is 39.2 Å². The fraction of sp³-hybridized carbons (Fsp3) is 0.400. The second-order valence-electron chi connectivity index (χ2n) is 6.56. The van der Waals surface area contributed by atoms with Gasteiger partial charge in [-0.15, -0.1) is 11.3 Å². The van der Waals surface area contributed by atoms with Crippen molar-refractivity contribution in [3.8, 4) is 6.07 Å². The molecule has 2 aromatic rings. The number of amides is 1. The Hall–Kier alpha value is -1.88.